The number of benzene rings is 1. The van der Waals surface area contributed by atoms with Gasteiger partial charge in [-0.1, -0.05) is 13.0 Å². The minimum Gasteiger partial charge on any atom is -0.394 e. The zero-order valence-corrected chi connectivity index (χ0v) is 19.6. The average molecular weight is 462 g/mol. The van der Waals surface area contributed by atoms with Gasteiger partial charge in [0.2, 0.25) is 5.91 Å². The number of hydrogen-bond acceptors (Lipinski definition) is 6. The lowest BCUT2D eigenvalue weighted by Gasteiger charge is -2.38. The Kier molecular flexibility index (Phi) is 7.48. The molecule has 2 fully saturated rings. The highest BCUT2D eigenvalue weighted by atomic mass is 32.2. The van der Waals surface area contributed by atoms with Gasteiger partial charge in [-0.15, -0.1) is 0 Å². The zero-order chi connectivity index (χ0) is 22.7. The molecule has 9 heteroatoms. The molecule has 0 saturated carbocycles. The smallest absolute Gasteiger partial charge is 0.236 e. The second kappa shape index (κ2) is 10.3. The normalized spacial score (nSPS) is 24.2. The number of carbonyl (C=O) groups excluding carboxylic acids is 1. The second-order valence-electron chi connectivity index (χ2n) is 8.89. The predicted molar refractivity (Wildman–Crippen MR) is 124 cm³/mol. The van der Waals surface area contributed by atoms with E-state index in [1.807, 2.05) is 22.7 Å². The van der Waals surface area contributed by atoms with Crippen molar-refractivity contribution in [2.24, 2.45) is 5.92 Å². The van der Waals surface area contributed by atoms with Crippen LogP contribution >= 0.6 is 11.8 Å². The van der Waals surface area contributed by atoms with Crippen LogP contribution in [0.25, 0.3) is 11.4 Å². The minimum atomic E-state index is -0.340. The summed E-state index contributed by atoms with van der Waals surface area (Å²) in [6.45, 7) is 6.36. The van der Waals surface area contributed by atoms with Crippen molar-refractivity contribution in [1.82, 2.24) is 24.6 Å². The van der Waals surface area contributed by atoms with Gasteiger partial charge in [0, 0.05) is 24.9 Å². The summed E-state index contributed by atoms with van der Waals surface area (Å²) in [6.07, 6.45) is 5.63. The first kappa shape index (κ1) is 23.2. The van der Waals surface area contributed by atoms with Gasteiger partial charge in [0.05, 0.1) is 25.3 Å². The third kappa shape index (κ3) is 5.15. The fraction of sp³-hybridized carbons (Fsp3) is 0.609. The molecule has 2 saturated heterocycles. The van der Waals surface area contributed by atoms with Crippen molar-refractivity contribution in [1.29, 1.82) is 0 Å². The molecule has 0 spiro atoms. The summed E-state index contributed by atoms with van der Waals surface area (Å²) >= 11 is 1.88. The van der Waals surface area contributed by atoms with Crippen molar-refractivity contribution in [2.45, 2.75) is 37.5 Å². The van der Waals surface area contributed by atoms with Gasteiger partial charge in [-0.05, 0) is 55.2 Å². The quantitative estimate of drug-likeness (QED) is 0.683. The molecule has 1 N–H and O–H groups in total. The van der Waals surface area contributed by atoms with Crippen molar-refractivity contribution in [3.05, 3.63) is 35.9 Å². The first-order valence-corrected chi connectivity index (χ1v) is 12.6. The molecule has 2 aromatic rings. The van der Waals surface area contributed by atoms with Crippen LogP contribution in [0.2, 0.25) is 0 Å². The third-order valence-electron chi connectivity index (χ3n) is 6.71. The number of piperidine rings is 1. The highest BCUT2D eigenvalue weighted by Gasteiger charge is 2.32. The van der Waals surface area contributed by atoms with E-state index in [2.05, 4.69) is 28.2 Å². The summed E-state index contributed by atoms with van der Waals surface area (Å²) in [4.78, 5) is 21.2. The monoisotopic (exact) mass is 461 g/mol. The summed E-state index contributed by atoms with van der Waals surface area (Å²) in [5.74, 6) is 0.671. The number of rotatable bonds is 7. The lowest BCUT2D eigenvalue weighted by atomic mass is 9.81. The molecule has 1 aromatic heterocycles. The molecule has 3 heterocycles. The van der Waals surface area contributed by atoms with E-state index in [-0.39, 0.29) is 30.2 Å². The van der Waals surface area contributed by atoms with Gasteiger partial charge >= 0.3 is 0 Å². The maximum atomic E-state index is 14.9. The number of amides is 1. The number of aliphatic hydroxyl groups is 1. The highest BCUT2D eigenvalue weighted by molar-refractivity contribution is 7.99. The van der Waals surface area contributed by atoms with Crippen LogP contribution in [0.3, 0.4) is 0 Å². The average Bonchev–Trinajstić information content (AvgIpc) is 3.43. The molecule has 1 aromatic carbocycles. The number of nitrogens with zero attached hydrogens (tertiary/aromatic N) is 5. The van der Waals surface area contributed by atoms with Crippen LogP contribution in [0.1, 0.15) is 31.2 Å². The van der Waals surface area contributed by atoms with Crippen molar-refractivity contribution in [2.75, 3.05) is 45.6 Å². The van der Waals surface area contributed by atoms with E-state index in [9.17, 15) is 9.18 Å². The SMILES string of the molecule is CSC1CCN(CC(=O)N2CCC(c3ccc(-c4ncn(CCO)n4)c(F)c3)C(C)C2)C1. The molecule has 174 valence electrons. The van der Waals surface area contributed by atoms with Crippen molar-refractivity contribution in [3.8, 4) is 11.4 Å². The van der Waals surface area contributed by atoms with E-state index in [1.165, 1.54) is 11.0 Å². The summed E-state index contributed by atoms with van der Waals surface area (Å²) < 4.78 is 16.4. The summed E-state index contributed by atoms with van der Waals surface area (Å²) in [7, 11) is 0. The highest BCUT2D eigenvalue weighted by Crippen LogP contribution is 2.34. The van der Waals surface area contributed by atoms with Crippen LogP contribution in [0.5, 0.6) is 0 Å². The summed E-state index contributed by atoms with van der Waals surface area (Å²) in [5.41, 5.74) is 1.32. The number of aromatic nitrogens is 3. The van der Waals surface area contributed by atoms with E-state index in [4.69, 9.17) is 5.11 Å². The van der Waals surface area contributed by atoms with E-state index in [0.717, 1.165) is 31.5 Å². The van der Waals surface area contributed by atoms with Gasteiger partial charge < -0.3 is 10.0 Å². The maximum absolute atomic E-state index is 14.9. The van der Waals surface area contributed by atoms with Crippen molar-refractivity contribution < 1.29 is 14.3 Å². The lowest BCUT2D eigenvalue weighted by molar-refractivity contribution is -0.134. The molecule has 0 bridgehead atoms. The molecule has 32 heavy (non-hydrogen) atoms. The molecular formula is C23H32FN5O2S. The van der Waals surface area contributed by atoms with Gasteiger partial charge in [-0.25, -0.2) is 9.37 Å². The van der Waals surface area contributed by atoms with Crippen LogP contribution in [0.4, 0.5) is 4.39 Å². The minimum absolute atomic E-state index is 0.0420. The van der Waals surface area contributed by atoms with Crippen LogP contribution < -0.4 is 0 Å². The van der Waals surface area contributed by atoms with Crippen molar-refractivity contribution >= 4 is 17.7 Å². The Morgan fingerprint density at radius 3 is 2.81 bits per heavy atom. The lowest BCUT2D eigenvalue weighted by Crippen LogP contribution is -2.46. The third-order valence-corrected chi connectivity index (χ3v) is 7.76. The Balaban J connectivity index is 1.37. The fourth-order valence-electron chi connectivity index (χ4n) is 4.86. The van der Waals surface area contributed by atoms with Gasteiger partial charge in [-0.2, -0.15) is 16.9 Å². The predicted octanol–water partition coefficient (Wildman–Crippen LogP) is 2.47. The number of carbonyl (C=O) groups is 1. The van der Waals surface area contributed by atoms with Crippen LogP contribution in [0, 0.1) is 11.7 Å². The Labute approximate surface area is 193 Å². The van der Waals surface area contributed by atoms with Gasteiger partial charge in [0.1, 0.15) is 12.1 Å². The molecular weight excluding hydrogens is 429 g/mol. The molecule has 0 aliphatic carbocycles. The van der Waals surface area contributed by atoms with Gasteiger partial charge in [0.25, 0.3) is 0 Å². The Bertz CT molecular complexity index is 939. The van der Waals surface area contributed by atoms with Crippen LogP contribution in [-0.4, -0.2) is 86.4 Å². The summed E-state index contributed by atoms with van der Waals surface area (Å²) in [5, 5.41) is 13.9. The van der Waals surface area contributed by atoms with E-state index in [1.54, 1.807) is 12.1 Å². The van der Waals surface area contributed by atoms with E-state index < -0.39 is 0 Å². The molecule has 4 rings (SSSR count). The number of thioether (sulfide) groups is 1. The first-order valence-electron chi connectivity index (χ1n) is 11.3. The van der Waals surface area contributed by atoms with Crippen molar-refractivity contribution in [3.63, 3.8) is 0 Å². The van der Waals surface area contributed by atoms with Crippen LogP contribution in [-0.2, 0) is 11.3 Å². The zero-order valence-electron chi connectivity index (χ0n) is 18.8. The standard InChI is InChI=1S/C23H32FN5O2S/c1-16-12-28(22(31)14-27-7-5-18(13-27)32-2)8-6-19(16)17-3-4-20(21(24)11-17)23-25-15-29(26-23)9-10-30/h3-4,11,15-16,18-19,30H,5-10,12-14H2,1-2H3. The number of halogens is 1. The molecule has 7 nitrogen and oxygen atoms in total. The molecule has 0 radical (unpaired) electrons. The molecule has 3 atom stereocenters. The number of hydrogen-bond donors (Lipinski definition) is 1. The Morgan fingerprint density at radius 2 is 2.12 bits per heavy atom. The first-order chi connectivity index (χ1) is 15.5. The number of aliphatic hydroxyl groups excluding tert-OH is 1. The number of likely N-dealkylation sites (tertiary alicyclic amines) is 2. The van der Waals surface area contributed by atoms with E-state index in [0.29, 0.717) is 42.8 Å². The Hall–Kier alpha value is -1.97. The summed E-state index contributed by atoms with van der Waals surface area (Å²) in [6, 6.07) is 5.28. The Morgan fingerprint density at radius 1 is 1.28 bits per heavy atom. The largest absolute Gasteiger partial charge is 0.394 e. The maximum Gasteiger partial charge on any atom is 0.236 e. The fourth-order valence-corrected chi connectivity index (χ4v) is 5.56. The molecule has 3 unspecified atom stereocenters. The molecule has 1 amide bonds. The van der Waals surface area contributed by atoms with Crippen LogP contribution in [0.15, 0.2) is 24.5 Å². The van der Waals surface area contributed by atoms with Gasteiger partial charge in [0.15, 0.2) is 5.82 Å². The van der Waals surface area contributed by atoms with Gasteiger partial charge in [-0.3, -0.25) is 14.4 Å². The molecule has 2 aliphatic heterocycles. The molecule has 2 aliphatic rings. The van der Waals surface area contributed by atoms with E-state index >= 15 is 0 Å². The topological polar surface area (TPSA) is 74.5 Å². The second-order valence-corrected chi connectivity index (χ2v) is 10.0.